The Hall–Kier alpha value is -3.22. The number of carbonyl (C=O) groups is 1. The molecule has 2 aromatic carbocycles. The van der Waals surface area contributed by atoms with Crippen molar-refractivity contribution < 1.29 is 13.7 Å². The van der Waals surface area contributed by atoms with Crippen LogP contribution in [-0.2, 0) is 6.42 Å². The third-order valence-corrected chi connectivity index (χ3v) is 4.16. The predicted molar refractivity (Wildman–Crippen MR) is 94.6 cm³/mol. The number of rotatable bonds is 5. The number of carbonyl (C=O) groups excluding carboxylic acids is 1. The molecule has 4 rings (SSSR count). The van der Waals surface area contributed by atoms with Gasteiger partial charge in [0.25, 0.3) is 0 Å². The van der Waals surface area contributed by atoms with E-state index in [0.29, 0.717) is 23.9 Å². The van der Waals surface area contributed by atoms with E-state index in [2.05, 4.69) is 20.8 Å². The van der Waals surface area contributed by atoms with Gasteiger partial charge in [-0.15, -0.1) is 0 Å². The van der Waals surface area contributed by atoms with Crippen LogP contribution in [0.15, 0.2) is 53.1 Å². The maximum absolute atomic E-state index is 13.7. The van der Waals surface area contributed by atoms with Crippen LogP contribution in [0.4, 0.5) is 20.6 Å². The lowest BCUT2D eigenvalue weighted by atomic mass is 10.1. The van der Waals surface area contributed by atoms with Crippen molar-refractivity contribution in [2.24, 2.45) is 0 Å². The lowest BCUT2D eigenvalue weighted by Gasteiger charge is -2.11. The van der Waals surface area contributed by atoms with E-state index in [4.69, 9.17) is 4.52 Å². The number of para-hydroxylation sites is 2. The van der Waals surface area contributed by atoms with Gasteiger partial charge in [-0.3, -0.25) is 0 Å². The number of hydrogen-bond acceptors (Lipinski definition) is 4. The van der Waals surface area contributed by atoms with Crippen LogP contribution in [0.25, 0.3) is 0 Å². The molecule has 1 fully saturated rings. The second kappa shape index (κ2) is 6.95. The van der Waals surface area contributed by atoms with E-state index < -0.39 is 11.8 Å². The highest BCUT2D eigenvalue weighted by atomic mass is 19.1. The number of nitrogens with one attached hydrogen (secondary N) is 2. The molecular weight excluding hydrogens is 335 g/mol. The van der Waals surface area contributed by atoms with Crippen LogP contribution in [0, 0.1) is 5.82 Å². The van der Waals surface area contributed by atoms with Gasteiger partial charge in [0.05, 0.1) is 12.1 Å². The summed E-state index contributed by atoms with van der Waals surface area (Å²) in [7, 11) is 0. The molecule has 3 aromatic rings. The highest BCUT2D eigenvalue weighted by molar-refractivity contribution is 6.00. The van der Waals surface area contributed by atoms with E-state index in [9.17, 15) is 9.18 Å². The van der Waals surface area contributed by atoms with Crippen molar-refractivity contribution in [2.45, 2.75) is 25.2 Å². The number of nitrogens with zero attached hydrogens (tertiary/aromatic N) is 2. The van der Waals surface area contributed by atoms with Crippen LogP contribution in [0.1, 0.15) is 36.0 Å². The van der Waals surface area contributed by atoms with E-state index in [1.165, 1.54) is 12.1 Å². The number of aromatic nitrogens is 2. The van der Waals surface area contributed by atoms with Gasteiger partial charge in [-0.05, 0) is 36.6 Å². The van der Waals surface area contributed by atoms with Gasteiger partial charge in [-0.25, -0.2) is 9.18 Å². The fourth-order valence-corrected chi connectivity index (χ4v) is 2.64. The predicted octanol–water partition coefficient (Wildman–Crippen LogP) is 4.32. The van der Waals surface area contributed by atoms with E-state index >= 15 is 0 Å². The first-order valence-electron chi connectivity index (χ1n) is 8.42. The third-order valence-electron chi connectivity index (χ3n) is 4.16. The van der Waals surface area contributed by atoms with Gasteiger partial charge in [-0.1, -0.05) is 35.5 Å². The van der Waals surface area contributed by atoms with Crippen LogP contribution in [0.3, 0.4) is 0 Å². The lowest BCUT2D eigenvalue weighted by Crippen LogP contribution is -2.21. The molecule has 7 heteroatoms. The second-order valence-corrected chi connectivity index (χ2v) is 6.21. The Morgan fingerprint density at radius 2 is 1.77 bits per heavy atom. The minimum absolute atomic E-state index is 0.119. The van der Waals surface area contributed by atoms with E-state index in [1.807, 2.05) is 18.2 Å². The topological polar surface area (TPSA) is 80.0 Å². The molecule has 1 aliphatic rings. The van der Waals surface area contributed by atoms with Gasteiger partial charge in [0, 0.05) is 11.6 Å². The van der Waals surface area contributed by atoms with Crippen LogP contribution < -0.4 is 10.6 Å². The van der Waals surface area contributed by atoms with Crippen molar-refractivity contribution in [2.75, 3.05) is 10.6 Å². The van der Waals surface area contributed by atoms with Crippen LogP contribution in [0.5, 0.6) is 0 Å². The van der Waals surface area contributed by atoms with Gasteiger partial charge < -0.3 is 15.2 Å². The first kappa shape index (κ1) is 16.3. The van der Waals surface area contributed by atoms with Crippen LogP contribution >= 0.6 is 0 Å². The Kier molecular flexibility index (Phi) is 4.35. The largest absolute Gasteiger partial charge is 0.339 e. The molecule has 0 radical (unpaired) electrons. The average Bonchev–Trinajstić information content (AvgIpc) is 3.38. The Labute approximate surface area is 149 Å². The standard InChI is InChI=1S/C19H17FN4O2/c20-14-6-2-4-8-16(14)22-19(25)21-15-7-3-1-5-13(15)11-17-23-18(24-26-17)12-9-10-12/h1-8,12H,9-11H2,(H2,21,22,25). The Balaban J connectivity index is 1.46. The molecule has 0 atom stereocenters. The minimum Gasteiger partial charge on any atom is -0.339 e. The summed E-state index contributed by atoms with van der Waals surface area (Å²) in [5.74, 6) is 1.19. The summed E-state index contributed by atoms with van der Waals surface area (Å²) in [5.41, 5.74) is 1.56. The Morgan fingerprint density at radius 3 is 2.54 bits per heavy atom. The van der Waals surface area contributed by atoms with Gasteiger partial charge in [0.1, 0.15) is 5.82 Å². The summed E-state index contributed by atoms with van der Waals surface area (Å²) in [6.45, 7) is 0. The van der Waals surface area contributed by atoms with Crippen molar-refractivity contribution in [3.63, 3.8) is 0 Å². The molecule has 26 heavy (non-hydrogen) atoms. The van der Waals surface area contributed by atoms with Crippen LogP contribution in [-0.4, -0.2) is 16.2 Å². The Bertz CT molecular complexity index is 937. The fraction of sp³-hybridized carbons (Fsp3) is 0.211. The maximum atomic E-state index is 13.7. The molecule has 0 spiro atoms. The van der Waals surface area contributed by atoms with Gasteiger partial charge in [-0.2, -0.15) is 4.98 Å². The Morgan fingerprint density at radius 1 is 1.08 bits per heavy atom. The molecular formula is C19H17FN4O2. The molecule has 1 saturated carbocycles. The van der Waals surface area contributed by atoms with Crippen molar-refractivity contribution in [1.29, 1.82) is 0 Å². The number of benzene rings is 2. The molecule has 132 valence electrons. The minimum atomic E-state index is -0.522. The zero-order chi connectivity index (χ0) is 17.9. The van der Waals surface area contributed by atoms with E-state index in [-0.39, 0.29) is 5.69 Å². The fourth-order valence-electron chi connectivity index (χ4n) is 2.64. The third kappa shape index (κ3) is 3.72. The molecule has 1 heterocycles. The summed E-state index contributed by atoms with van der Waals surface area (Å²) < 4.78 is 19.0. The maximum Gasteiger partial charge on any atom is 0.323 e. The van der Waals surface area contributed by atoms with Gasteiger partial charge in [0.15, 0.2) is 5.82 Å². The molecule has 0 saturated heterocycles. The number of anilines is 2. The van der Waals surface area contributed by atoms with Crippen molar-refractivity contribution >= 4 is 17.4 Å². The SMILES string of the molecule is O=C(Nc1ccccc1F)Nc1ccccc1Cc1nc(C2CC2)no1. The normalized spacial score (nSPS) is 13.4. The summed E-state index contributed by atoms with van der Waals surface area (Å²) >= 11 is 0. The molecule has 1 aromatic heterocycles. The number of halogens is 1. The van der Waals surface area contributed by atoms with Gasteiger partial charge >= 0.3 is 6.03 Å². The summed E-state index contributed by atoms with van der Waals surface area (Å²) in [5, 5.41) is 9.25. The number of urea groups is 1. The first-order chi connectivity index (χ1) is 12.7. The monoisotopic (exact) mass is 352 g/mol. The molecule has 0 unspecified atom stereocenters. The highest BCUT2D eigenvalue weighted by Crippen LogP contribution is 2.38. The summed E-state index contributed by atoms with van der Waals surface area (Å²) in [6.07, 6.45) is 2.62. The second-order valence-electron chi connectivity index (χ2n) is 6.21. The lowest BCUT2D eigenvalue weighted by molar-refractivity contribution is 0.262. The smallest absolute Gasteiger partial charge is 0.323 e. The zero-order valence-corrected chi connectivity index (χ0v) is 13.9. The van der Waals surface area contributed by atoms with Crippen LogP contribution in [0.2, 0.25) is 0 Å². The van der Waals surface area contributed by atoms with Crippen molar-refractivity contribution in [3.8, 4) is 0 Å². The zero-order valence-electron chi connectivity index (χ0n) is 13.9. The van der Waals surface area contributed by atoms with E-state index in [0.717, 1.165) is 24.2 Å². The molecule has 0 bridgehead atoms. The average molecular weight is 352 g/mol. The molecule has 0 aliphatic heterocycles. The summed E-state index contributed by atoms with van der Waals surface area (Å²) in [6, 6.07) is 12.8. The molecule has 6 nitrogen and oxygen atoms in total. The molecule has 1 aliphatic carbocycles. The van der Waals surface area contributed by atoms with Crippen molar-refractivity contribution in [3.05, 3.63) is 71.6 Å². The van der Waals surface area contributed by atoms with E-state index in [1.54, 1.807) is 18.2 Å². The number of amides is 2. The number of hydrogen-bond donors (Lipinski definition) is 2. The quantitative estimate of drug-likeness (QED) is 0.716. The first-order valence-corrected chi connectivity index (χ1v) is 8.42. The molecule has 2 amide bonds. The summed E-state index contributed by atoms with van der Waals surface area (Å²) in [4.78, 5) is 16.6. The molecule has 2 N–H and O–H groups in total. The van der Waals surface area contributed by atoms with Crippen molar-refractivity contribution in [1.82, 2.24) is 10.1 Å². The highest BCUT2D eigenvalue weighted by Gasteiger charge is 2.28. The van der Waals surface area contributed by atoms with Gasteiger partial charge in [0.2, 0.25) is 5.89 Å².